The van der Waals surface area contributed by atoms with Crippen molar-refractivity contribution in [2.75, 3.05) is 0 Å². The van der Waals surface area contributed by atoms with Gasteiger partial charge in [0.05, 0.1) is 0 Å². The van der Waals surface area contributed by atoms with Gasteiger partial charge < -0.3 is 9.84 Å². The van der Waals surface area contributed by atoms with Crippen molar-refractivity contribution < 1.29 is 19.4 Å². The van der Waals surface area contributed by atoms with Gasteiger partial charge in [0.15, 0.2) is 11.9 Å². The highest BCUT2D eigenvalue weighted by molar-refractivity contribution is 6.07. The minimum absolute atomic E-state index is 0.108. The number of ether oxygens (including phenoxy) is 1. The van der Waals surface area contributed by atoms with Crippen LogP contribution in [0.25, 0.3) is 0 Å². The van der Waals surface area contributed by atoms with Crippen molar-refractivity contribution in [1.29, 1.82) is 0 Å². The van der Waals surface area contributed by atoms with Crippen molar-refractivity contribution >= 4 is 11.8 Å². The Kier molecular flexibility index (Phi) is 3.44. The number of aromatic hydroxyl groups is 1. The molecule has 1 aliphatic rings. The zero-order valence-corrected chi connectivity index (χ0v) is 11.2. The van der Waals surface area contributed by atoms with Gasteiger partial charge in [0.2, 0.25) is 0 Å². The molecule has 2 aromatic carbocycles. The van der Waals surface area contributed by atoms with Crippen LogP contribution >= 0.6 is 0 Å². The van der Waals surface area contributed by atoms with Crippen LogP contribution in [0.15, 0.2) is 54.6 Å². The lowest BCUT2D eigenvalue weighted by atomic mass is 9.93. The lowest BCUT2D eigenvalue weighted by Gasteiger charge is -2.08. The van der Waals surface area contributed by atoms with Gasteiger partial charge in [0, 0.05) is 5.56 Å². The van der Waals surface area contributed by atoms with E-state index in [2.05, 4.69) is 0 Å². The quantitative estimate of drug-likeness (QED) is 0.693. The van der Waals surface area contributed by atoms with Crippen molar-refractivity contribution in [1.82, 2.24) is 0 Å². The standard InChI is InChI=1S/C17H14O4/c18-13-8-6-12(7-9-13)16-15(19)14(17(20)21-16)10-11-4-2-1-3-5-11/h1-9,14,16,18H,10H2. The number of hydrogen-bond donors (Lipinski definition) is 1. The monoisotopic (exact) mass is 282 g/mol. The first-order valence-corrected chi connectivity index (χ1v) is 6.72. The molecule has 0 saturated carbocycles. The van der Waals surface area contributed by atoms with Crippen molar-refractivity contribution in [2.24, 2.45) is 5.92 Å². The van der Waals surface area contributed by atoms with Crippen LogP contribution in [0.3, 0.4) is 0 Å². The van der Waals surface area contributed by atoms with Crippen LogP contribution in [0.1, 0.15) is 17.2 Å². The van der Waals surface area contributed by atoms with Gasteiger partial charge in [-0.2, -0.15) is 0 Å². The summed E-state index contributed by atoms with van der Waals surface area (Å²) in [4.78, 5) is 24.3. The molecule has 2 atom stereocenters. The molecule has 2 unspecified atom stereocenters. The van der Waals surface area contributed by atoms with E-state index in [4.69, 9.17) is 4.74 Å². The summed E-state index contributed by atoms with van der Waals surface area (Å²) in [5.41, 5.74) is 1.51. The number of phenolic OH excluding ortho intramolecular Hbond substituents is 1. The summed E-state index contributed by atoms with van der Waals surface area (Å²) in [6.45, 7) is 0. The number of Topliss-reactive ketones (excluding diaryl/α,β-unsaturated/α-hetero) is 1. The van der Waals surface area contributed by atoms with Crippen LogP contribution in [0.5, 0.6) is 5.75 Å². The fourth-order valence-electron chi connectivity index (χ4n) is 2.47. The highest BCUT2D eigenvalue weighted by Crippen LogP contribution is 2.32. The molecule has 0 bridgehead atoms. The maximum atomic E-state index is 12.4. The molecule has 1 aliphatic heterocycles. The number of carbonyl (C=O) groups excluding carboxylic acids is 2. The van der Waals surface area contributed by atoms with Gasteiger partial charge >= 0.3 is 5.97 Å². The second-order valence-corrected chi connectivity index (χ2v) is 5.05. The Labute approximate surface area is 122 Å². The van der Waals surface area contributed by atoms with Gasteiger partial charge in [0.25, 0.3) is 0 Å². The highest BCUT2D eigenvalue weighted by atomic mass is 16.6. The number of cyclic esters (lactones) is 1. The van der Waals surface area contributed by atoms with E-state index >= 15 is 0 Å². The van der Waals surface area contributed by atoms with Gasteiger partial charge in [-0.05, 0) is 24.1 Å². The van der Waals surface area contributed by atoms with Crippen LogP contribution in [-0.2, 0) is 20.7 Å². The average molecular weight is 282 g/mol. The van der Waals surface area contributed by atoms with Gasteiger partial charge in [-0.15, -0.1) is 0 Å². The zero-order valence-electron chi connectivity index (χ0n) is 11.2. The number of carbonyl (C=O) groups is 2. The smallest absolute Gasteiger partial charge is 0.318 e. The molecule has 1 saturated heterocycles. The van der Waals surface area contributed by atoms with E-state index in [0.29, 0.717) is 12.0 Å². The molecule has 1 fully saturated rings. The molecule has 21 heavy (non-hydrogen) atoms. The van der Waals surface area contributed by atoms with Crippen LogP contribution in [-0.4, -0.2) is 16.9 Å². The Balaban J connectivity index is 1.80. The molecule has 0 aromatic heterocycles. The molecular weight excluding hydrogens is 268 g/mol. The predicted octanol–water partition coefficient (Wildman–Crippen LogP) is 2.42. The fourth-order valence-corrected chi connectivity index (χ4v) is 2.47. The Morgan fingerprint density at radius 2 is 1.62 bits per heavy atom. The number of benzene rings is 2. The summed E-state index contributed by atoms with van der Waals surface area (Å²) in [6.07, 6.45) is -0.514. The third-order valence-corrected chi connectivity index (χ3v) is 3.60. The molecule has 4 nitrogen and oxygen atoms in total. The minimum Gasteiger partial charge on any atom is -0.508 e. The molecule has 0 aliphatic carbocycles. The summed E-state index contributed by atoms with van der Waals surface area (Å²) < 4.78 is 5.21. The molecule has 1 heterocycles. The highest BCUT2D eigenvalue weighted by Gasteiger charge is 2.43. The number of hydrogen-bond acceptors (Lipinski definition) is 4. The summed E-state index contributed by atoms with van der Waals surface area (Å²) in [7, 11) is 0. The summed E-state index contributed by atoms with van der Waals surface area (Å²) in [5.74, 6) is -1.36. The summed E-state index contributed by atoms with van der Waals surface area (Å²) >= 11 is 0. The largest absolute Gasteiger partial charge is 0.508 e. The molecule has 0 spiro atoms. The first-order chi connectivity index (χ1) is 10.1. The number of esters is 1. The molecule has 4 heteroatoms. The summed E-state index contributed by atoms with van der Waals surface area (Å²) in [5, 5.41) is 9.27. The van der Waals surface area contributed by atoms with E-state index in [0.717, 1.165) is 5.56 Å². The number of phenols is 1. The van der Waals surface area contributed by atoms with Crippen LogP contribution in [0.4, 0.5) is 0 Å². The third-order valence-electron chi connectivity index (χ3n) is 3.60. The van der Waals surface area contributed by atoms with Crippen molar-refractivity contribution in [3.8, 4) is 5.75 Å². The molecule has 0 radical (unpaired) electrons. The Morgan fingerprint density at radius 1 is 0.952 bits per heavy atom. The van der Waals surface area contributed by atoms with Crippen LogP contribution < -0.4 is 0 Å². The minimum atomic E-state index is -0.869. The molecule has 3 rings (SSSR count). The van der Waals surface area contributed by atoms with Crippen molar-refractivity contribution in [3.05, 3.63) is 65.7 Å². The van der Waals surface area contributed by atoms with E-state index < -0.39 is 18.0 Å². The Bertz CT molecular complexity index is 661. The van der Waals surface area contributed by atoms with E-state index in [1.54, 1.807) is 12.1 Å². The van der Waals surface area contributed by atoms with Crippen molar-refractivity contribution in [2.45, 2.75) is 12.5 Å². The maximum Gasteiger partial charge on any atom is 0.318 e. The molecular formula is C17H14O4. The van der Waals surface area contributed by atoms with E-state index in [9.17, 15) is 14.7 Å². The van der Waals surface area contributed by atoms with Crippen LogP contribution in [0, 0.1) is 5.92 Å². The van der Waals surface area contributed by atoms with Gasteiger partial charge in [0.1, 0.15) is 11.7 Å². The predicted molar refractivity (Wildman–Crippen MR) is 75.6 cm³/mol. The third kappa shape index (κ3) is 2.65. The Morgan fingerprint density at radius 3 is 2.29 bits per heavy atom. The second kappa shape index (κ2) is 5.40. The van der Waals surface area contributed by atoms with Gasteiger partial charge in [-0.3, -0.25) is 9.59 Å². The zero-order chi connectivity index (χ0) is 14.8. The second-order valence-electron chi connectivity index (χ2n) is 5.05. The number of rotatable bonds is 3. The molecule has 106 valence electrons. The van der Waals surface area contributed by atoms with Crippen molar-refractivity contribution in [3.63, 3.8) is 0 Å². The molecule has 2 aromatic rings. The van der Waals surface area contributed by atoms with Gasteiger partial charge in [-0.1, -0.05) is 42.5 Å². The topological polar surface area (TPSA) is 63.6 Å². The first kappa shape index (κ1) is 13.4. The van der Waals surface area contributed by atoms with Crippen LogP contribution in [0.2, 0.25) is 0 Å². The molecule has 0 amide bonds. The average Bonchev–Trinajstić information content (AvgIpc) is 2.77. The lowest BCUT2D eigenvalue weighted by molar-refractivity contribution is -0.144. The Hall–Kier alpha value is -2.62. The number of ketones is 1. The fraction of sp³-hybridized carbons (Fsp3) is 0.176. The normalized spacial score (nSPS) is 21.3. The van der Waals surface area contributed by atoms with E-state index in [-0.39, 0.29) is 11.5 Å². The lowest BCUT2D eigenvalue weighted by Crippen LogP contribution is -2.19. The molecule has 1 N–H and O–H groups in total. The first-order valence-electron chi connectivity index (χ1n) is 6.72. The maximum absolute atomic E-state index is 12.4. The van der Waals surface area contributed by atoms with Gasteiger partial charge in [-0.25, -0.2) is 0 Å². The SMILES string of the molecule is O=C1OC(c2ccc(O)cc2)C(=O)C1Cc1ccccc1. The van der Waals surface area contributed by atoms with E-state index in [1.165, 1.54) is 12.1 Å². The summed E-state index contributed by atoms with van der Waals surface area (Å²) in [6, 6.07) is 15.5. The van der Waals surface area contributed by atoms with E-state index in [1.807, 2.05) is 30.3 Å².